The van der Waals surface area contributed by atoms with Gasteiger partial charge in [-0.15, -0.1) is 0 Å². The van der Waals surface area contributed by atoms with Gasteiger partial charge in [-0.05, 0) is 12.8 Å². The van der Waals surface area contributed by atoms with Crippen molar-refractivity contribution in [3.05, 3.63) is 10.6 Å². The molecule has 0 radical (unpaired) electrons. The first kappa shape index (κ1) is 11.1. The molecule has 1 unspecified atom stereocenters. The summed E-state index contributed by atoms with van der Waals surface area (Å²) in [5.41, 5.74) is 1.17. The van der Waals surface area contributed by atoms with Crippen LogP contribution in [0.25, 0.3) is 0 Å². The topological polar surface area (TPSA) is 17.1 Å². The first-order valence-corrected chi connectivity index (χ1v) is 5.42. The fraction of sp³-hybridized carbons (Fsp3) is 0.700. The van der Waals surface area contributed by atoms with Crippen LogP contribution >= 0.6 is 23.2 Å². The average Bonchev–Trinajstić information content (AvgIpc) is 2.15. The summed E-state index contributed by atoms with van der Waals surface area (Å²) < 4.78 is 0. The zero-order valence-corrected chi connectivity index (χ0v) is 9.45. The number of halogens is 2. The van der Waals surface area contributed by atoms with E-state index in [-0.39, 0.29) is 11.3 Å². The third-order valence-electron chi connectivity index (χ3n) is 3.31. The minimum absolute atomic E-state index is 0.161. The predicted molar refractivity (Wildman–Crippen MR) is 55.9 cm³/mol. The summed E-state index contributed by atoms with van der Waals surface area (Å²) >= 11 is 11.5. The molecule has 0 amide bonds. The van der Waals surface area contributed by atoms with Gasteiger partial charge in [0.1, 0.15) is 5.78 Å². The molecule has 0 aromatic rings. The van der Waals surface area contributed by atoms with Gasteiger partial charge in [0.2, 0.25) is 0 Å². The van der Waals surface area contributed by atoms with E-state index in [4.69, 9.17) is 23.2 Å². The molecule has 1 aliphatic rings. The lowest BCUT2D eigenvalue weighted by molar-refractivity contribution is -0.144. The second-order valence-electron chi connectivity index (χ2n) is 3.54. The van der Waals surface area contributed by atoms with Gasteiger partial charge in [0.05, 0.1) is 0 Å². The zero-order chi connectivity index (χ0) is 10.1. The molecule has 13 heavy (non-hydrogen) atoms. The molecule has 0 spiro atoms. The third kappa shape index (κ3) is 1.53. The van der Waals surface area contributed by atoms with Gasteiger partial charge in [-0.1, -0.05) is 37.0 Å². The van der Waals surface area contributed by atoms with Crippen molar-refractivity contribution < 1.29 is 4.79 Å². The van der Waals surface area contributed by atoms with Crippen molar-refractivity contribution >= 4 is 29.0 Å². The smallest absolute Gasteiger partial charge is 0.140 e. The molecule has 0 heterocycles. The van der Waals surface area contributed by atoms with E-state index in [2.05, 4.69) is 0 Å². The molecule has 0 aromatic heterocycles. The normalized spacial score (nSPS) is 27.2. The van der Waals surface area contributed by atoms with Crippen LogP contribution in [0.15, 0.2) is 10.6 Å². The van der Waals surface area contributed by atoms with Gasteiger partial charge in [0, 0.05) is 28.3 Å². The standard InChI is InChI=1S/C10H14Cl2O/c1-3-10(4-2)7(5-9(10)13)8(12)6-11/h6-7H,3-5H2,1-2H3. The Labute approximate surface area is 89.1 Å². The maximum atomic E-state index is 11.5. The summed E-state index contributed by atoms with van der Waals surface area (Å²) in [4.78, 5) is 11.5. The number of carbonyl (C=O) groups excluding carboxylic acids is 1. The van der Waals surface area contributed by atoms with Gasteiger partial charge in [0.15, 0.2) is 0 Å². The summed E-state index contributed by atoms with van der Waals surface area (Å²) in [6.07, 6.45) is 2.27. The maximum Gasteiger partial charge on any atom is 0.140 e. The van der Waals surface area contributed by atoms with Gasteiger partial charge >= 0.3 is 0 Å². The number of hydrogen-bond acceptors (Lipinski definition) is 1. The minimum atomic E-state index is -0.220. The second-order valence-corrected chi connectivity index (χ2v) is 4.19. The first-order chi connectivity index (χ1) is 6.12. The fourth-order valence-corrected chi connectivity index (χ4v) is 2.66. The van der Waals surface area contributed by atoms with E-state index in [0.717, 1.165) is 12.8 Å². The van der Waals surface area contributed by atoms with E-state index in [1.165, 1.54) is 5.54 Å². The van der Waals surface area contributed by atoms with Crippen molar-refractivity contribution in [3.63, 3.8) is 0 Å². The summed E-state index contributed by atoms with van der Waals surface area (Å²) in [7, 11) is 0. The van der Waals surface area contributed by atoms with Crippen molar-refractivity contribution in [3.8, 4) is 0 Å². The Balaban J connectivity index is 2.87. The molecular formula is C10H14Cl2O. The molecule has 74 valence electrons. The Morgan fingerprint density at radius 1 is 1.62 bits per heavy atom. The molecule has 0 N–H and O–H groups in total. The molecule has 1 saturated carbocycles. The van der Waals surface area contributed by atoms with Crippen LogP contribution in [0.2, 0.25) is 0 Å². The van der Waals surface area contributed by atoms with Gasteiger partial charge in [0.25, 0.3) is 0 Å². The second kappa shape index (κ2) is 4.02. The van der Waals surface area contributed by atoms with Gasteiger partial charge in [-0.2, -0.15) is 0 Å². The summed E-state index contributed by atoms with van der Waals surface area (Å²) in [5.74, 6) is 0.494. The van der Waals surface area contributed by atoms with Crippen molar-refractivity contribution in [1.82, 2.24) is 0 Å². The van der Waals surface area contributed by atoms with Crippen LogP contribution in [-0.4, -0.2) is 5.78 Å². The number of allylic oxidation sites excluding steroid dienone is 1. The largest absolute Gasteiger partial charge is 0.299 e. The molecule has 1 fully saturated rings. The van der Waals surface area contributed by atoms with Crippen LogP contribution in [0.5, 0.6) is 0 Å². The van der Waals surface area contributed by atoms with Crippen molar-refractivity contribution in [2.45, 2.75) is 33.1 Å². The maximum absolute atomic E-state index is 11.5. The van der Waals surface area contributed by atoms with Crippen molar-refractivity contribution in [2.24, 2.45) is 11.3 Å². The highest BCUT2D eigenvalue weighted by molar-refractivity contribution is 6.37. The van der Waals surface area contributed by atoms with E-state index in [0.29, 0.717) is 17.2 Å². The molecular weight excluding hydrogens is 207 g/mol. The number of rotatable bonds is 3. The van der Waals surface area contributed by atoms with Crippen LogP contribution in [0, 0.1) is 11.3 Å². The number of hydrogen-bond donors (Lipinski definition) is 0. The van der Waals surface area contributed by atoms with Crippen molar-refractivity contribution in [2.75, 3.05) is 0 Å². The molecule has 1 nitrogen and oxygen atoms in total. The quantitative estimate of drug-likeness (QED) is 0.710. The Kier molecular flexibility index (Phi) is 3.42. The van der Waals surface area contributed by atoms with Crippen LogP contribution < -0.4 is 0 Å². The highest BCUT2D eigenvalue weighted by atomic mass is 35.5. The monoisotopic (exact) mass is 220 g/mol. The van der Waals surface area contributed by atoms with Crippen LogP contribution in [0.1, 0.15) is 33.1 Å². The van der Waals surface area contributed by atoms with E-state index in [9.17, 15) is 4.79 Å². The molecule has 0 aliphatic heterocycles. The van der Waals surface area contributed by atoms with E-state index in [1.54, 1.807) is 0 Å². The molecule has 3 heteroatoms. The third-order valence-corrected chi connectivity index (χ3v) is 4.03. The lowest BCUT2D eigenvalue weighted by Gasteiger charge is -2.46. The molecule has 1 aliphatic carbocycles. The van der Waals surface area contributed by atoms with Gasteiger partial charge < -0.3 is 0 Å². The Morgan fingerprint density at radius 3 is 2.46 bits per heavy atom. The SMILES string of the molecule is CCC1(CC)C(=O)CC1C(Cl)=CCl. The Bertz CT molecular complexity index is 241. The van der Waals surface area contributed by atoms with Crippen LogP contribution in [0.3, 0.4) is 0 Å². The average molecular weight is 221 g/mol. The number of carbonyl (C=O) groups is 1. The number of Topliss-reactive ketones (excluding diaryl/α,β-unsaturated/α-hetero) is 1. The van der Waals surface area contributed by atoms with Crippen LogP contribution in [0.4, 0.5) is 0 Å². The Hall–Kier alpha value is -0.0100. The molecule has 0 saturated heterocycles. The van der Waals surface area contributed by atoms with Crippen molar-refractivity contribution in [1.29, 1.82) is 0 Å². The molecule has 1 rings (SSSR count). The summed E-state index contributed by atoms with van der Waals surface area (Å²) in [5, 5.41) is 0.630. The van der Waals surface area contributed by atoms with Gasteiger partial charge in [-0.25, -0.2) is 0 Å². The zero-order valence-electron chi connectivity index (χ0n) is 7.94. The highest BCUT2D eigenvalue weighted by Gasteiger charge is 2.52. The van der Waals surface area contributed by atoms with Gasteiger partial charge in [-0.3, -0.25) is 4.79 Å². The van der Waals surface area contributed by atoms with Crippen LogP contribution in [-0.2, 0) is 4.79 Å². The molecule has 0 bridgehead atoms. The predicted octanol–water partition coefficient (Wildman–Crippen LogP) is 3.70. The molecule has 1 atom stereocenters. The lowest BCUT2D eigenvalue weighted by Crippen LogP contribution is -2.49. The molecule has 0 aromatic carbocycles. The minimum Gasteiger partial charge on any atom is -0.299 e. The number of ketones is 1. The fourth-order valence-electron chi connectivity index (χ4n) is 2.22. The Morgan fingerprint density at radius 2 is 2.15 bits per heavy atom. The van der Waals surface area contributed by atoms with E-state index < -0.39 is 0 Å². The van der Waals surface area contributed by atoms with E-state index >= 15 is 0 Å². The first-order valence-electron chi connectivity index (χ1n) is 4.61. The summed E-state index contributed by atoms with van der Waals surface area (Å²) in [6, 6.07) is 0. The van der Waals surface area contributed by atoms with E-state index in [1.807, 2.05) is 13.8 Å². The lowest BCUT2D eigenvalue weighted by atomic mass is 9.56. The highest BCUT2D eigenvalue weighted by Crippen LogP contribution is 2.53. The summed E-state index contributed by atoms with van der Waals surface area (Å²) in [6.45, 7) is 4.07.